The van der Waals surface area contributed by atoms with E-state index < -0.39 is 10.0 Å². The number of nitrogens with zero attached hydrogens (tertiary/aromatic N) is 1. The van der Waals surface area contributed by atoms with Crippen molar-refractivity contribution in [3.05, 3.63) is 15.4 Å². The number of aromatic amines is 1. The van der Waals surface area contributed by atoms with Gasteiger partial charge in [0.05, 0.1) is 0 Å². The molecule has 0 aliphatic rings. The summed E-state index contributed by atoms with van der Waals surface area (Å²) in [5.74, 6) is 0. The van der Waals surface area contributed by atoms with E-state index in [0.29, 0.717) is 17.0 Å². The molecular weight excluding hydrogens is 226 g/mol. The highest BCUT2D eigenvalue weighted by Gasteiger charge is 2.20. The first-order valence-corrected chi connectivity index (χ1v) is 6.02. The second-order valence-electron chi connectivity index (χ2n) is 2.92. The molecule has 1 aromatic rings. The van der Waals surface area contributed by atoms with Crippen LogP contribution in [0.1, 0.15) is 5.69 Å². The summed E-state index contributed by atoms with van der Waals surface area (Å²) in [5, 5.41) is 1.30. The Balaban J connectivity index is 3.17. The van der Waals surface area contributed by atoms with E-state index in [9.17, 15) is 13.2 Å². The lowest BCUT2D eigenvalue weighted by atomic mass is 10.6. The summed E-state index contributed by atoms with van der Waals surface area (Å²) in [4.78, 5) is 15.2. The normalized spacial score (nSPS) is 12.3. The van der Waals surface area contributed by atoms with Gasteiger partial charge in [-0.15, -0.1) is 4.83 Å². The van der Waals surface area contributed by atoms with E-state index in [1.165, 1.54) is 5.01 Å². The molecule has 0 aliphatic carbocycles. The monoisotopic (exact) mass is 237 g/mol. The molecule has 0 fully saturated rings. The molecular formula is C6H11N3O3S2. The number of rotatable bonds is 3. The Morgan fingerprint density at radius 2 is 2.00 bits per heavy atom. The van der Waals surface area contributed by atoms with E-state index in [2.05, 4.69) is 9.82 Å². The molecule has 1 rings (SSSR count). The van der Waals surface area contributed by atoms with E-state index in [-0.39, 0.29) is 9.08 Å². The van der Waals surface area contributed by atoms with Crippen LogP contribution >= 0.6 is 11.3 Å². The lowest BCUT2D eigenvalue weighted by molar-refractivity contribution is 0.364. The second kappa shape index (κ2) is 3.81. The molecule has 8 heteroatoms. The highest BCUT2D eigenvalue weighted by atomic mass is 32.2. The average Bonchev–Trinajstić information content (AvgIpc) is 2.27. The fraction of sp³-hybridized carbons (Fsp3) is 0.500. The highest BCUT2D eigenvalue weighted by molar-refractivity contribution is 7.91. The van der Waals surface area contributed by atoms with Crippen molar-refractivity contribution in [3.8, 4) is 0 Å². The third-order valence-electron chi connectivity index (χ3n) is 1.33. The van der Waals surface area contributed by atoms with E-state index in [0.717, 1.165) is 0 Å². The molecule has 0 aromatic carbocycles. The molecule has 6 nitrogen and oxygen atoms in total. The number of sulfonamides is 1. The van der Waals surface area contributed by atoms with Gasteiger partial charge in [0, 0.05) is 19.8 Å². The minimum atomic E-state index is -3.61. The van der Waals surface area contributed by atoms with Crippen LogP contribution in [-0.2, 0) is 10.0 Å². The minimum absolute atomic E-state index is 0.0243. The molecule has 0 unspecified atom stereocenters. The molecule has 1 aromatic heterocycles. The smallest absolute Gasteiger partial charge is 0.305 e. The summed E-state index contributed by atoms with van der Waals surface area (Å²) in [5.41, 5.74) is 0.356. The number of hydrogen-bond donors (Lipinski definition) is 2. The summed E-state index contributed by atoms with van der Waals surface area (Å²) >= 11 is 0.675. The average molecular weight is 237 g/mol. The van der Waals surface area contributed by atoms with Gasteiger partial charge < -0.3 is 4.98 Å². The van der Waals surface area contributed by atoms with E-state index in [4.69, 9.17) is 0 Å². The van der Waals surface area contributed by atoms with Crippen LogP contribution in [0.5, 0.6) is 0 Å². The minimum Gasteiger partial charge on any atom is -0.315 e. The Bertz CT molecular complexity index is 471. The maximum Gasteiger partial charge on any atom is 0.305 e. The molecule has 0 bridgehead atoms. The molecule has 0 radical (unpaired) electrons. The maximum absolute atomic E-state index is 11.6. The zero-order chi connectivity index (χ0) is 10.9. The van der Waals surface area contributed by atoms with Crippen molar-refractivity contribution in [1.29, 1.82) is 0 Å². The second-order valence-corrected chi connectivity index (χ2v) is 5.76. The summed E-state index contributed by atoms with van der Waals surface area (Å²) in [6.45, 7) is 1.54. The van der Waals surface area contributed by atoms with Gasteiger partial charge in [-0.05, 0) is 6.92 Å². The van der Waals surface area contributed by atoms with Crippen LogP contribution in [0.25, 0.3) is 0 Å². The first kappa shape index (κ1) is 11.4. The Kier molecular flexibility index (Phi) is 3.10. The van der Waals surface area contributed by atoms with Gasteiger partial charge in [0.2, 0.25) is 0 Å². The summed E-state index contributed by atoms with van der Waals surface area (Å²) in [7, 11) is -0.490. The number of aromatic nitrogens is 1. The predicted molar refractivity (Wildman–Crippen MR) is 53.7 cm³/mol. The number of hydrogen-bond acceptors (Lipinski definition) is 5. The quantitative estimate of drug-likeness (QED) is 0.694. The van der Waals surface area contributed by atoms with Gasteiger partial charge in [-0.1, -0.05) is 11.3 Å². The molecule has 0 atom stereocenters. The molecule has 0 aliphatic heterocycles. The van der Waals surface area contributed by atoms with Crippen molar-refractivity contribution < 1.29 is 8.42 Å². The Morgan fingerprint density at radius 3 is 2.36 bits per heavy atom. The fourth-order valence-corrected chi connectivity index (χ4v) is 3.30. The Morgan fingerprint density at radius 1 is 1.43 bits per heavy atom. The van der Waals surface area contributed by atoms with Crippen LogP contribution in [-0.4, -0.2) is 32.5 Å². The molecule has 14 heavy (non-hydrogen) atoms. The molecule has 2 N–H and O–H groups in total. The summed E-state index contributed by atoms with van der Waals surface area (Å²) in [6, 6.07) is 0. The highest BCUT2D eigenvalue weighted by Crippen LogP contribution is 2.14. The summed E-state index contributed by atoms with van der Waals surface area (Å²) in [6.07, 6.45) is 0. The van der Waals surface area contributed by atoms with E-state index in [1.807, 2.05) is 0 Å². The number of nitrogens with one attached hydrogen (secondary N) is 2. The van der Waals surface area contributed by atoms with Gasteiger partial charge >= 0.3 is 4.87 Å². The van der Waals surface area contributed by atoms with Gasteiger partial charge in [0.25, 0.3) is 10.0 Å². The molecule has 0 saturated heterocycles. The number of hydrazine groups is 1. The van der Waals surface area contributed by atoms with Gasteiger partial charge in [0.1, 0.15) is 0 Å². The van der Waals surface area contributed by atoms with Gasteiger partial charge in [-0.2, -0.15) is 0 Å². The van der Waals surface area contributed by atoms with Crippen LogP contribution in [0.3, 0.4) is 0 Å². The topological polar surface area (TPSA) is 82.3 Å². The SMILES string of the molecule is Cc1[nH]c(=O)sc1S(=O)(=O)NN(C)C. The predicted octanol–water partition coefficient (Wildman–Crippen LogP) is -0.500. The Hall–Kier alpha value is -0.700. The van der Waals surface area contributed by atoms with Gasteiger partial charge in [-0.25, -0.2) is 13.4 Å². The molecule has 0 saturated carbocycles. The zero-order valence-electron chi connectivity index (χ0n) is 7.99. The third-order valence-corrected chi connectivity index (χ3v) is 4.42. The fourth-order valence-electron chi connectivity index (χ4n) is 0.929. The van der Waals surface area contributed by atoms with Crippen molar-refractivity contribution in [1.82, 2.24) is 14.8 Å². The number of thiazole rings is 1. The first-order valence-electron chi connectivity index (χ1n) is 3.72. The lowest BCUT2D eigenvalue weighted by Crippen LogP contribution is -2.35. The lowest BCUT2D eigenvalue weighted by Gasteiger charge is -2.10. The van der Waals surface area contributed by atoms with Gasteiger partial charge in [0.15, 0.2) is 4.21 Å². The van der Waals surface area contributed by atoms with Crippen LogP contribution in [0.2, 0.25) is 0 Å². The van der Waals surface area contributed by atoms with Crippen molar-refractivity contribution in [2.75, 3.05) is 14.1 Å². The van der Waals surface area contributed by atoms with Crippen LogP contribution in [0.4, 0.5) is 0 Å². The molecule has 1 heterocycles. The third kappa shape index (κ3) is 2.41. The van der Waals surface area contributed by atoms with E-state index >= 15 is 0 Å². The molecule has 0 amide bonds. The van der Waals surface area contributed by atoms with E-state index in [1.54, 1.807) is 21.0 Å². The zero-order valence-corrected chi connectivity index (χ0v) is 9.62. The van der Waals surface area contributed by atoms with Crippen molar-refractivity contribution in [3.63, 3.8) is 0 Å². The van der Waals surface area contributed by atoms with Crippen molar-refractivity contribution in [2.45, 2.75) is 11.1 Å². The Labute approximate surface area is 85.6 Å². The van der Waals surface area contributed by atoms with Crippen LogP contribution in [0.15, 0.2) is 9.00 Å². The first-order chi connectivity index (χ1) is 6.33. The molecule has 0 spiro atoms. The van der Waals surface area contributed by atoms with Crippen molar-refractivity contribution in [2.24, 2.45) is 0 Å². The van der Waals surface area contributed by atoms with Gasteiger partial charge in [-0.3, -0.25) is 4.79 Å². The molecule has 80 valence electrons. The van der Waals surface area contributed by atoms with Crippen LogP contribution < -0.4 is 9.70 Å². The summed E-state index contributed by atoms with van der Waals surface area (Å²) < 4.78 is 23.2. The standard InChI is InChI=1S/C6H11N3O3S2/c1-4-5(13-6(10)7-4)14(11,12)8-9(2)3/h8H,1-3H3,(H,7,10). The number of H-pyrrole nitrogens is 1. The van der Waals surface area contributed by atoms with Crippen LogP contribution in [0, 0.1) is 6.92 Å². The largest absolute Gasteiger partial charge is 0.315 e. The number of aryl methyl sites for hydroxylation is 1. The van der Waals surface area contributed by atoms with Crippen molar-refractivity contribution >= 4 is 21.4 Å². The maximum atomic E-state index is 11.6.